The molecule has 2 heterocycles. The topological polar surface area (TPSA) is 46.2 Å². The van der Waals surface area contributed by atoms with Crippen molar-refractivity contribution in [3.63, 3.8) is 0 Å². The third-order valence-corrected chi connectivity index (χ3v) is 3.94. The minimum atomic E-state index is -0.643. The van der Waals surface area contributed by atoms with Gasteiger partial charge in [0, 0.05) is 7.11 Å². The highest BCUT2D eigenvalue weighted by molar-refractivity contribution is 8.22. The van der Waals surface area contributed by atoms with E-state index in [2.05, 4.69) is 0 Å². The molecule has 0 aromatic heterocycles. The van der Waals surface area contributed by atoms with Gasteiger partial charge in [-0.3, -0.25) is 0 Å². The first-order valence-corrected chi connectivity index (χ1v) is 7.35. The Balaban J connectivity index is 2.10. The van der Waals surface area contributed by atoms with Crippen LogP contribution in [0, 0.1) is 0 Å². The molecule has 0 bridgehead atoms. The number of rotatable bonds is 2. The Morgan fingerprint density at radius 1 is 1.44 bits per heavy atom. The standard InChI is InChI=1S/C11H18O5S2/c1-11(2)13-5-6-7(16-11)8(9(12-3)14-6)15-10(17)18-4/h6-9H,5H2,1-4H3/t6-,7+,8-,9?/m0/s1. The molecule has 2 saturated heterocycles. The zero-order valence-corrected chi connectivity index (χ0v) is 12.5. The van der Waals surface area contributed by atoms with Crippen molar-refractivity contribution in [2.24, 2.45) is 0 Å². The predicted octanol–water partition coefficient (Wildman–Crippen LogP) is 1.54. The quantitative estimate of drug-likeness (QED) is 0.716. The second kappa shape index (κ2) is 5.60. The molecule has 0 aromatic rings. The summed E-state index contributed by atoms with van der Waals surface area (Å²) in [7, 11) is 1.58. The van der Waals surface area contributed by atoms with Gasteiger partial charge in [-0.2, -0.15) is 0 Å². The van der Waals surface area contributed by atoms with Crippen LogP contribution in [0.25, 0.3) is 0 Å². The fourth-order valence-corrected chi connectivity index (χ4v) is 2.41. The first-order chi connectivity index (χ1) is 8.46. The maximum Gasteiger partial charge on any atom is 0.220 e. The van der Waals surface area contributed by atoms with Gasteiger partial charge in [0.15, 0.2) is 18.2 Å². The van der Waals surface area contributed by atoms with Gasteiger partial charge in [-0.15, -0.1) is 0 Å². The monoisotopic (exact) mass is 294 g/mol. The molecule has 0 spiro atoms. The lowest BCUT2D eigenvalue weighted by atomic mass is 10.1. The number of hydrogen-bond donors (Lipinski definition) is 0. The van der Waals surface area contributed by atoms with Crippen molar-refractivity contribution >= 4 is 28.4 Å². The molecular formula is C11H18O5S2. The zero-order chi connectivity index (χ0) is 13.3. The van der Waals surface area contributed by atoms with E-state index in [1.807, 2.05) is 20.1 Å². The fourth-order valence-electron chi connectivity index (χ4n) is 2.09. The first-order valence-electron chi connectivity index (χ1n) is 5.71. The van der Waals surface area contributed by atoms with Crippen LogP contribution in [0.3, 0.4) is 0 Å². The van der Waals surface area contributed by atoms with Crippen LogP contribution in [-0.2, 0) is 23.7 Å². The van der Waals surface area contributed by atoms with E-state index in [9.17, 15) is 0 Å². The normalized spacial score (nSPS) is 38.2. The van der Waals surface area contributed by atoms with Crippen LogP contribution in [0.1, 0.15) is 13.8 Å². The molecule has 0 amide bonds. The summed E-state index contributed by atoms with van der Waals surface area (Å²) in [4.78, 5) is 0. The van der Waals surface area contributed by atoms with Crippen LogP contribution in [-0.4, -0.2) is 54.7 Å². The number of thioether (sulfide) groups is 1. The second-order valence-electron chi connectivity index (χ2n) is 4.61. The molecule has 4 atom stereocenters. The van der Waals surface area contributed by atoms with Crippen LogP contribution in [0.5, 0.6) is 0 Å². The van der Waals surface area contributed by atoms with Gasteiger partial charge in [0.25, 0.3) is 0 Å². The van der Waals surface area contributed by atoms with Crippen LogP contribution in [0.4, 0.5) is 0 Å². The van der Waals surface area contributed by atoms with Gasteiger partial charge < -0.3 is 23.7 Å². The highest BCUT2D eigenvalue weighted by Gasteiger charge is 2.53. The number of thiocarbonyl (C=S) groups is 1. The third kappa shape index (κ3) is 2.97. The van der Waals surface area contributed by atoms with Crippen LogP contribution >= 0.6 is 24.0 Å². The SMILES string of the molecule is COC1O[C@H]2COC(C)(C)O[C@H]2[C@@H]1OC(=S)SC. The van der Waals surface area contributed by atoms with Crippen LogP contribution < -0.4 is 0 Å². The summed E-state index contributed by atoms with van der Waals surface area (Å²) in [6.07, 6.45) is 0.610. The summed E-state index contributed by atoms with van der Waals surface area (Å²) in [5.41, 5.74) is 0. The van der Waals surface area contributed by atoms with Crippen molar-refractivity contribution in [3.8, 4) is 0 Å². The minimum Gasteiger partial charge on any atom is -0.467 e. The Morgan fingerprint density at radius 2 is 2.17 bits per heavy atom. The van der Waals surface area contributed by atoms with E-state index in [-0.39, 0.29) is 18.3 Å². The molecule has 0 aliphatic carbocycles. The summed E-state index contributed by atoms with van der Waals surface area (Å²) in [6, 6.07) is 0. The van der Waals surface area contributed by atoms with Crippen molar-refractivity contribution in [1.29, 1.82) is 0 Å². The molecule has 18 heavy (non-hydrogen) atoms. The van der Waals surface area contributed by atoms with Gasteiger partial charge in [0.1, 0.15) is 12.2 Å². The predicted molar refractivity (Wildman–Crippen MR) is 71.6 cm³/mol. The molecule has 0 radical (unpaired) electrons. The van der Waals surface area contributed by atoms with E-state index in [1.54, 1.807) is 7.11 Å². The molecule has 5 nitrogen and oxygen atoms in total. The van der Waals surface area contributed by atoms with E-state index < -0.39 is 12.1 Å². The number of methoxy groups -OCH3 is 1. The maximum absolute atomic E-state index is 5.87. The van der Waals surface area contributed by atoms with Crippen LogP contribution in [0.15, 0.2) is 0 Å². The third-order valence-electron chi connectivity index (χ3n) is 2.91. The molecule has 0 aromatic carbocycles. The van der Waals surface area contributed by atoms with E-state index in [4.69, 9.17) is 35.9 Å². The fraction of sp³-hybridized carbons (Fsp3) is 0.909. The molecule has 2 rings (SSSR count). The van der Waals surface area contributed by atoms with E-state index in [0.29, 0.717) is 11.0 Å². The highest BCUT2D eigenvalue weighted by Crippen LogP contribution is 2.35. The van der Waals surface area contributed by atoms with E-state index >= 15 is 0 Å². The summed E-state index contributed by atoms with van der Waals surface area (Å²) < 4.78 is 28.5. The summed E-state index contributed by atoms with van der Waals surface area (Å²) >= 11 is 6.46. The molecule has 2 fully saturated rings. The van der Waals surface area contributed by atoms with Gasteiger partial charge in [-0.1, -0.05) is 11.8 Å². The molecular weight excluding hydrogens is 276 g/mol. The number of hydrogen-bond acceptors (Lipinski definition) is 7. The Morgan fingerprint density at radius 3 is 2.78 bits per heavy atom. The van der Waals surface area contributed by atoms with Crippen molar-refractivity contribution < 1.29 is 23.7 Å². The Labute approximate surface area is 116 Å². The van der Waals surface area contributed by atoms with E-state index in [1.165, 1.54) is 11.8 Å². The molecule has 1 unspecified atom stereocenters. The van der Waals surface area contributed by atoms with Gasteiger partial charge in [0.05, 0.1) is 6.61 Å². The first kappa shape index (κ1) is 14.5. The molecule has 0 N–H and O–H groups in total. The van der Waals surface area contributed by atoms with Gasteiger partial charge >= 0.3 is 0 Å². The summed E-state index contributed by atoms with van der Waals surface area (Å²) in [5.74, 6) is -0.643. The Hall–Kier alpha value is 0.0800. The number of ether oxygens (including phenoxy) is 5. The molecule has 2 aliphatic heterocycles. The van der Waals surface area contributed by atoms with Crippen molar-refractivity contribution in [2.45, 2.75) is 44.2 Å². The average Bonchev–Trinajstić information content (AvgIpc) is 2.65. The highest BCUT2D eigenvalue weighted by atomic mass is 32.2. The van der Waals surface area contributed by atoms with Crippen LogP contribution in [0.2, 0.25) is 0 Å². The van der Waals surface area contributed by atoms with Gasteiger partial charge in [-0.05, 0) is 32.3 Å². The Bertz CT molecular complexity index is 323. The Kier molecular flexibility index (Phi) is 4.51. The molecule has 0 saturated carbocycles. The van der Waals surface area contributed by atoms with Gasteiger partial charge in [0.2, 0.25) is 4.38 Å². The lowest BCUT2D eigenvalue weighted by molar-refractivity contribution is -0.300. The van der Waals surface area contributed by atoms with Gasteiger partial charge in [-0.25, -0.2) is 0 Å². The lowest BCUT2D eigenvalue weighted by Crippen LogP contribution is -2.51. The maximum atomic E-state index is 5.87. The minimum absolute atomic E-state index is 0.183. The van der Waals surface area contributed by atoms with Crippen molar-refractivity contribution in [1.82, 2.24) is 0 Å². The summed E-state index contributed by atoms with van der Waals surface area (Å²) in [6.45, 7) is 4.20. The van der Waals surface area contributed by atoms with E-state index in [0.717, 1.165) is 0 Å². The average molecular weight is 294 g/mol. The second-order valence-corrected chi connectivity index (χ2v) is 6.02. The zero-order valence-electron chi connectivity index (χ0n) is 10.9. The lowest BCUT2D eigenvalue weighted by Gasteiger charge is -2.38. The molecule has 7 heteroatoms. The molecule has 2 aliphatic rings. The van der Waals surface area contributed by atoms with Crippen molar-refractivity contribution in [2.75, 3.05) is 20.0 Å². The smallest absolute Gasteiger partial charge is 0.220 e. The summed E-state index contributed by atoms with van der Waals surface area (Å²) in [5, 5.41) is 0. The largest absolute Gasteiger partial charge is 0.467 e. The number of fused-ring (bicyclic) bond motifs is 1. The van der Waals surface area contributed by atoms with Crippen molar-refractivity contribution in [3.05, 3.63) is 0 Å². The molecule has 104 valence electrons.